The van der Waals surface area contributed by atoms with Gasteiger partial charge in [-0.1, -0.05) is 27.7 Å². The number of carbonyl (C=O) groups is 4. The molecule has 0 saturated heterocycles. The molecule has 47 heavy (non-hydrogen) atoms. The van der Waals surface area contributed by atoms with Crippen molar-refractivity contribution < 1.29 is 19.2 Å². The summed E-state index contributed by atoms with van der Waals surface area (Å²) in [6.45, 7) is 19.4. The minimum atomic E-state index is -0.626. The molecule has 2 aliphatic heterocycles. The predicted molar refractivity (Wildman–Crippen MR) is 183 cm³/mol. The maximum atomic E-state index is 13.0. The molecule has 0 unspecified atom stereocenters. The molecule has 0 fully saturated rings. The fraction of sp³-hybridized carbons (Fsp3) is 0.294. The maximum Gasteiger partial charge on any atom is 0.279 e. The summed E-state index contributed by atoms with van der Waals surface area (Å²) in [4.78, 5) is 70.0. The van der Waals surface area contributed by atoms with Crippen molar-refractivity contribution in [2.75, 3.05) is 14.1 Å². The van der Waals surface area contributed by atoms with E-state index in [1.54, 1.807) is 25.2 Å². The van der Waals surface area contributed by atoms with E-state index in [0.29, 0.717) is 10.0 Å². The van der Waals surface area contributed by atoms with Crippen LogP contribution in [0.4, 0.5) is 10.0 Å². The lowest BCUT2D eigenvalue weighted by Gasteiger charge is -2.28. The third-order valence-electron chi connectivity index (χ3n) is 9.50. The first kappa shape index (κ1) is 30.8. The molecule has 10 nitrogen and oxygen atoms in total. The summed E-state index contributed by atoms with van der Waals surface area (Å²) in [5.74, 6) is -2.31. The molecular formula is C34H26N6O4S3. The van der Waals surface area contributed by atoms with Crippen LogP contribution in [0.2, 0.25) is 0 Å². The van der Waals surface area contributed by atoms with Crippen LogP contribution < -0.4 is 0 Å². The molecular weight excluding hydrogens is 653 g/mol. The topological polar surface area (TPSA) is 128 Å². The minimum Gasteiger partial charge on any atom is -0.286 e. The number of carbonyl (C=O) groups excluding carboxylic acids is 4. The number of likely N-dealkylation sites (N-methyl/N-ethyl adjacent to an activating group) is 2. The Hall–Kier alpha value is -4.82. The first-order valence-corrected chi connectivity index (χ1v) is 17.0. The molecule has 0 atom stereocenters. The van der Waals surface area contributed by atoms with Crippen molar-refractivity contribution in [1.82, 2.24) is 9.80 Å². The van der Waals surface area contributed by atoms with E-state index in [1.165, 1.54) is 47.9 Å². The van der Waals surface area contributed by atoms with E-state index < -0.39 is 23.6 Å². The van der Waals surface area contributed by atoms with Gasteiger partial charge < -0.3 is 0 Å². The highest BCUT2D eigenvalue weighted by Crippen LogP contribution is 2.67. The summed E-state index contributed by atoms with van der Waals surface area (Å²) in [5, 5.41) is 10.8. The Balaban J connectivity index is 1.33. The fourth-order valence-corrected chi connectivity index (χ4v) is 11.1. The number of nitrogens with zero attached hydrogens (tertiary/aromatic N) is 6. The van der Waals surface area contributed by atoms with Crippen LogP contribution >= 0.6 is 34.0 Å². The van der Waals surface area contributed by atoms with Gasteiger partial charge in [-0.15, -0.1) is 34.0 Å². The Morgan fingerprint density at radius 1 is 0.723 bits per heavy atom. The minimum absolute atomic E-state index is 0.0860. The molecule has 0 bridgehead atoms. The summed E-state index contributed by atoms with van der Waals surface area (Å²) >= 11 is 4.70. The SMILES string of the molecule is [C-]#[N+]C1=C(C)C(=Nc2cc3c(s2)-c2sc4c(c2C3(C)C)C(C)(C)c2cc(N=C3C(=O)N(C)C(=O)C(C#N)=C3C)sc2-4)C(=O)N(C)C1=O. The van der Waals surface area contributed by atoms with Crippen LogP contribution in [-0.2, 0) is 30.0 Å². The van der Waals surface area contributed by atoms with Gasteiger partial charge >= 0.3 is 0 Å². The Morgan fingerprint density at radius 3 is 1.62 bits per heavy atom. The van der Waals surface area contributed by atoms with Crippen molar-refractivity contribution in [2.24, 2.45) is 9.98 Å². The lowest BCUT2D eigenvalue weighted by molar-refractivity contribution is -0.138. The molecule has 4 aliphatic rings. The van der Waals surface area contributed by atoms with Gasteiger partial charge in [0.2, 0.25) is 0 Å². The Kier molecular flexibility index (Phi) is 6.45. The molecule has 7 rings (SSSR count). The van der Waals surface area contributed by atoms with Crippen LogP contribution in [0.3, 0.4) is 0 Å². The number of aliphatic imine (C=N–C) groups is 2. The van der Waals surface area contributed by atoms with Crippen molar-refractivity contribution in [1.29, 1.82) is 5.26 Å². The molecule has 13 heteroatoms. The van der Waals surface area contributed by atoms with Gasteiger partial charge in [0, 0.05) is 40.3 Å². The van der Waals surface area contributed by atoms with E-state index in [0.717, 1.165) is 40.4 Å². The van der Waals surface area contributed by atoms with Crippen molar-refractivity contribution in [3.63, 3.8) is 0 Å². The number of rotatable bonds is 2. The monoisotopic (exact) mass is 678 g/mol. The number of amides is 4. The zero-order valence-electron chi connectivity index (χ0n) is 26.7. The number of hydrogen-bond donors (Lipinski definition) is 0. The smallest absolute Gasteiger partial charge is 0.279 e. The van der Waals surface area contributed by atoms with Crippen LogP contribution in [-0.4, -0.2) is 58.9 Å². The van der Waals surface area contributed by atoms with Crippen molar-refractivity contribution >= 4 is 79.1 Å². The second-order valence-corrected chi connectivity index (χ2v) is 16.0. The van der Waals surface area contributed by atoms with Crippen LogP contribution in [0.5, 0.6) is 0 Å². The molecule has 0 N–H and O–H groups in total. The Bertz CT molecular complexity index is 2150. The van der Waals surface area contributed by atoms with Crippen LogP contribution in [0.1, 0.15) is 63.8 Å². The molecule has 0 spiro atoms. The van der Waals surface area contributed by atoms with Crippen LogP contribution in [0.15, 0.2) is 44.5 Å². The van der Waals surface area contributed by atoms with E-state index in [2.05, 4.69) is 37.5 Å². The van der Waals surface area contributed by atoms with Gasteiger partial charge in [0.05, 0.1) is 16.3 Å². The maximum absolute atomic E-state index is 13.0. The zero-order valence-corrected chi connectivity index (χ0v) is 29.1. The van der Waals surface area contributed by atoms with E-state index in [4.69, 9.17) is 11.6 Å². The molecule has 0 saturated carbocycles. The normalized spacial score (nSPS) is 21.1. The van der Waals surface area contributed by atoms with Gasteiger partial charge in [-0.05, 0) is 53.8 Å². The van der Waals surface area contributed by atoms with Crippen molar-refractivity contribution in [3.8, 4) is 25.6 Å². The standard InChI is InChI=1S/C34H26N6O4S3/c1-13-15(12-35)29(41)39(8)31(43)23(13)37-18-10-16-25(45-18)27-20(33(16,3)4)21-28(47-27)26-17(34(21,5)6)11-19(46-26)38-24-14(2)22(36-7)30(42)40(9)32(24)44/h10-11H,1-6,8-9H3. The van der Waals surface area contributed by atoms with Gasteiger partial charge in [-0.25, -0.2) is 14.8 Å². The molecule has 0 aromatic carbocycles. The lowest BCUT2D eigenvalue weighted by Crippen LogP contribution is -2.44. The molecule has 0 radical (unpaired) electrons. The highest BCUT2D eigenvalue weighted by Gasteiger charge is 2.50. The predicted octanol–water partition coefficient (Wildman–Crippen LogP) is 6.66. The van der Waals surface area contributed by atoms with Crippen molar-refractivity contribution in [3.05, 3.63) is 68.2 Å². The average Bonchev–Trinajstić information content (AvgIpc) is 3.80. The number of imide groups is 2. The highest BCUT2D eigenvalue weighted by molar-refractivity contribution is 7.29. The van der Waals surface area contributed by atoms with Crippen molar-refractivity contribution in [2.45, 2.75) is 52.4 Å². The number of fused-ring (bicyclic) bond motifs is 7. The molecule has 2 aliphatic carbocycles. The molecule has 3 aromatic heterocycles. The quantitative estimate of drug-likeness (QED) is 0.221. The van der Waals surface area contributed by atoms with Gasteiger partial charge in [-0.3, -0.25) is 29.0 Å². The largest absolute Gasteiger partial charge is 0.286 e. The summed E-state index contributed by atoms with van der Waals surface area (Å²) in [6.07, 6.45) is 0. The molecule has 234 valence electrons. The first-order valence-electron chi connectivity index (χ1n) is 14.6. The summed E-state index contributed by atoms with van der Waals surface area (Å²) in [5.41, 5.74) is 4.63. The van der Waals surface area contributed by atoms with Gasteiger partial charge in [0.15, 0.2) is 0 Å². The van der Waals surface area contributed by atoms with Crippen LogP contribution in [0, 0.1) is 17.9 Å². The number of thiophene rings is 3. The second kappa shape index (κ2) is 9.84. The van der Waals surface area contributed by atoms with Gasteiger partial charge in [0.1, 0.15) is 33.1 Å². The molecule has 5 heterocycles. The zero-order chi connectivity index (χ0) is 34.1. The van der Waals surface area contributed by atoms with E-state index >= 15 is 0 Å². The Labute approximate surface area is 282 Å². The number of nitriles is 1. The molecule has 4 amide bonds. The molecule has 3 aromatic rings. The van der Waals surface area contributed by atoms with Crippen LogP contribution in [0.25, 0.3) is 24.4 Å². The first-order chi connectivity index (χ1) is 22.1. The fourth-order valence-electron chi connectivity index (χ4n) is 6.79. The van der Waals surface area contributed by atoms with Gasteiger partial charge in [-0.2, -0.15) is 5.26 Å². The Morgan fingerprint density at radius 2 is 1.17 bits per heavy atom. The summed E-state index contributed by atoms with van der Waals surface area (Å²) < 4.78 is 0. The van der Waals surface area contributed by atoms with E-state index in [1.807, 2.05) is 18.2 Å². The third kappa shape index (κ3) is 3.91. The number of hydrogen-bond acceptors (Lipinski definition) is 10. The van der Waals surface area contributed by atoms with E-state index in [9.17, 15) is 24.4 Å². The summed E-state index contributed by atoms with van der Waals surface area (Å²) in [6, 6.07) is 5.94. The third-order valence-corrected chi connectivity index (χ3v) is 13.1. The van der Waals surface area contributed by atoms with E-state index in [-0.39, 0.29) is 44.7 Å². The average molecular weight is 679 g/mol. The highest BCUT2D eigenvalue weighted by atomic mass is 32.1. The second-order valence-electron chi connectivity index (χ2n) is 12.9. The lowest BCUT2D eigenvalue weighted by atomic mass is 9.74. The van der Waals surface area contributed by atoms with Gasteiger partial charge in [0.25, 0.3) is 29.3 Å². The summed E-state index contributed by atoms with van der Waals surface area (Å²) in [7, 11) is 2.72.